The number of hydrogen-bond acceptors (Lipinski definition) is 8. The minimum absolute atomic E-state index is 0.607. The van der Waals surface area contributed by atoms with Gasteiger partial charge in [-0.3, -0.25) is 19.2 Å². The van der Waals surface area contributed by atoms with Crippen LogP contribution in [0.1, 0.15) is 27.2 Å². The normalized spacial score (nSPS) is 17.2. The molecule has 0 bridgehead atoms. The number of carboxylic acids is 1. The Bertz CT molecular complexity index is 607. The van der Waals surface area contributed by atoms with E-state index in [1.54, 1.807) is 0 Å². The Labute approximate surface area is 160 Å². The van der Waals surface area contributed by atoms with Gasteiger partial charge in [0.2, 0.25) is 23.6 Å². The van der Waals surface area contributed by atoms with Gasteiger partial charge in [-0.25, -0.2) is 4.79 Å². The van der Waals surface area contributed by atoms with E-state index in [-0.39, 0.29) is 0 Å². The third-order valence-corrected chi connectivity index (χ3v) is 3.56. The van der Waals surface area contributed by atoms with E-state index in [0.717, 1.165) is 13.8 Å². The lowest BCUT2D eigenvalue weighted by Crippen LogP contribution is -2.61. The molecule has 13 heteroatoms. The van der Waals surface area contributed by atoms with Gasteiger partial charge < -0.3 is 42.7 Å². The molecule has 10 N–H and O–H groups in total. The summed E-state index contributed by atoms with van der Waals surface area (Å²) in [6.07, 6.45) is -3.55. The summed E-state index contributed by atoms with van der Waals surface area (Å²) in [5.74, 6) is -5.36. The van der Waals surface area contributed by atoms with Crippen molar-refractivity contribution in [2.75, 3.05) is 0 Å². The maximum atomic E-state index is 12.4. The number of nitrogens with one attached hydrogen (secondary N) is 3. The first-order chi connectivity index (χ1) is 12.8. The standard InChI is InChI=1S/C15H27N5O8/c1-5(16)12(24)18-8(4-9(17)23)13(25)19-10(6(2)21)14(26)20-11(7(3)22)15(27)28/h5-8,10-11,21-22H,4,16H2,1-3H3,(H2,17,23)(H,18,24)(H,19,25)(H,20,26)(H,27,28). The lowest BCUT2D eigenvalue weighted by molar-refractivity contribution is -0.146. The third kappa shape index (κ3) is 8.28. The van der Waals surface area contributed by atoms with Crippen LogP contribution in [0.2, 0.25) is 0 Å². The highest BCUT2D eigenvalue weighted by Crippen LogP contribution is 2.01. The highest BCUT2D eigenvalue weighted by Gasteiger charge is 2.34. The fraction of sp³-hybridized carbons (Fsp3) is 0.667. The Morgan fingerprint density at radius 1 is 0.821 bits per heavy atom. The van der Waals surface area contributed by atoms with Crippen molar-refractivity contribution in [3.63, 3.8) is 0 Å². The van der Waals surface area contributed by atoms with E-state index in [9.17, 15) is 34.2 Å². The number of aliphatic hydroxyl groups is 2. The van der Waals surface area contributed by atoms with Crippen LogP contribution in [0.25, 0.3) is 0 Å². The van der Waals surface area contributed by atoms with Gasteiger partial charge in [0.05, 0.1) is 24.7 Å². The number of amides is 4. The van der Waals surface area contributed by atoms with E-state index in [2.05, 4.69) is 10.6 Å². The number of primary amides is 1. The van der Waals surface area contributed by atoms with Crippen molar-refractivity contribution in [3.05, 3.63) is 0 Å². The van der Waals surface area contributed by atoms with Crippen LogP contribution in [-0.2, 0) is 24.0 Å². The van der Waals surface area contributed by atoms with Crippen LogP contribution in [0.15, 0.2) is 0 Å². The molecule has 0 aliphatic carbocycles. The van der Waals surface area contributed by atoms with Crippen molar-refractivity contribution in [2.45, 2.75) is 63.6 Å². The van der Waals surface area contributed by atoms with Crippen LogP contribution in [0.5, 0.6) is 0 Å². The highest BCUT2D eigenvalue weighted by atomic mass is 16.4. The average molecular weight is 405 g/mol. The number of nitrogens with two attached hydrogens (primary N) is 2. The molecule has 0 aromatic carbocycles. The van der Waals surface area contributed by atoms with Gasteiger partial charge in [-0.2, -0.15) is 0 Å². The summed E-state index contributed by atoms with van der Waals surface area (Å²) < 4.78 is 0. The molecule has 0 spiro atoms. The second kappa shape index (κ2) is 11.2. The van der Waals surface area contributed by atoms with Gasteiger partial charge in [0.1, 0.15) is 12.1 Å². The monoisotopic (exact) mass is 405 g/mol. The van der Waals surface area contributed by atoms with Crippen molar-refractivity contribution in [3.8, 4) is 0 Å². The van der Waals surface area contributed by atoms with Gasteiger partial charge in [0.25, 0.3) is 0 Å². The van der Waals surface area contributed by atoms with Gasteiger partial charge in [0, 0.05) is 0 Å². The zero-order chi connectivity index (χ0) is 22.2. The van der Waals surface area contributed by atoms with Crippen LogP contribution in [-0.4, -0.2) is 81.3 Å². The molecule has 0 fully saturated rings. The number of carboxylic acid groups (broad SMARTS) is 1. The molecule has 6 atom stereocenters. The van der Waals surface area contributed by atoms with E-state index < -0.39 is 72.4 Å². The summed E-state index contributed by atoms with van der Waals surface area (Å²) in [6, 6.07) is -5.81. The minimum atomic E-state index is -1.69. The number of hydrogen-bond donors (Lipinski definition) is 8. The molecule has 0 aliphatic rings. The number of aliphatic carboxylic acids is 1. The van der Waals surface area contributed by atoms with Crippen LogP contribution in [0, 0.1) is 0 Å². The molecule has 160 valence electrons. The summed E-state index contributed by atoms with van der Waals surface area (Å²) in [5, 5.41) is 34.5. The van der Waals surface area contributed by atoms with Crippen molar-refractivity contribution < 1.29 is 39.3 Å². The van der Waals surface area contributed by atoms with Gasteiger partial charge in [-0.05, 0) is 20.8 Å². The predicted octanol–water partition coefficient (Wildman–Crippen LogP) is -4.49. The maximum Gasteiger partial charge on any atom is 0.328 e. The van der Waals surface area contributed by atoms with Gasteiger partial charge in [0.15, 0.2) is 6.04 Å². The molecule has 0 saturated heterocycles. The molecule has 0 aromatic heterocycles. The smallest absolute Gasteiger partial charge is 0.328 e. The molecular weight excluding hydrogens is 378 g/mol. The second-order valence-electron chi connectivity index (χ2n) is 6.31. The molecule has 0 rings (SSSR count). The molecule has 0 aromatic rings. The largest absolute Gasteiger partial charge is 0.480 e. The zero-order valence-electron chi connectivity index (χ0n) is 15.7. The van der Waals surface area contributed by atoms with Crippen LogP contribution in [0.4, 0.5) is 0 Å². The van der Waals surface area contributed by atoms with Gasteiger partial charge >= 0.3 is 5.97 Å². The molecule has 28 heavy (non-hydrogen) atoms. The molecule has 6 unspecified atom stereocenters. The molecule has 0 saturated carbocycles. The van der Waals surface area contributed by atoms with Gasteiger partial charge in [-0.1, -0.05) is 0 Å². The first-order valence-electron chi connectivity index (χ1n) is 8.31. The van der Waals surface area contributed by atoms with Crippen LogP contribution < -0.4 is 27.4 Å². The SMILES string of the molecule is CC(N)C(=O)NC(CC(N)=O)C(=O)NC(C(=O)NC(C(=O)O)C(C)O)C(C)O. The lowest BCUT2D eigenvalue weighted by Gasteiger charge is -2.26. The Morgan fingerprint density at radius 3 is 1.64 bits per heavy atom. The van der Waals surface area contributed by atoms with Crippen LogP contribution >= 0.6 is 0 Å². The topological polar surface area (TPSA) is 234 Å². The quantitative estimate of drug-likeness (QED) is 0.165. The summed E-state index contributed by atoms with van der Waals surface area (Å²) in [7, 11) is 0. The molecular formula is C15H27N5O8. The summed E-state index contributed by atoms with van der Waals surface area (Å²) >= 11 is 0. The Balaban J connectivity index is 5.37. The zero-order valence-corrected chi connectivity index (χ0v) is 15.7. The Morgan fingerprint density at radius 2 is 1.29 bits per heavy atom. The first kappa shape index (κ1) is 25.2. The highest BCUT2D eigenvalue weighted by molar-refractivity contribution is 5.96. The Hall–Kier alpha value is -2.77. The van der Waals surface area contributed by atoms with Crippen molar-refractivity contribution in [1.29, 1.82) is 0 Å². The van der Waals surface area contributed by atoms with Crippen molar-refractivity contribution >= 4 is 29.6 Å². The second-order valence-corrected chi connectivity index (χ2v) is 6.31. The lowest BCUT2D eigenvalue weighted by atomic mass is 10.1. The number of rotatable bonds is 11. The Kier molecular flexibility index (Phi) is 10.1. The minimum Gasteiger partial charge on any atom is -0.480 e. The first-order valence-corrected chi connectivity index (χ1v) is 8.31. The summed E-state index contributed by atoms with van der Waals surface area (Å²) in [5.41, 5.74) is 10.4. The van der Waals surface area contributed by atoms with Crippen molar-refractivity contribution in [2.24, 2.45) is 11.5 Å². The average Bonchev–Trinajstić information content (AvgIpc) is 2.54. The molecule has 4 amide bonds. The van der Waals surface area contributed by atoms with Crippen LogP contribution in [0.3, 0.4) is 0 Å². The molecule has 0 heterocycles. The van der Waals surface area contributed by atoms with E-state index >= 15 is 0 Å². The predicted molar refractivity (Wildman–Crippen MR) is 94.3 cm³/mol. The van der Waals surface area contributed by atoms with E-state index in [4.69, 9.17) is 16.6 Å². The molecule has 13 nitrogen and oxygen atoms in total. The number of carbonyl (C=O) groups is 5. The van der Waals surface area contributed by atoms with Crippen molar-refractivity contribution in [1.82, 2.24) is 16.0 Å². The third-order valence-electron chi connectivity index (χ3n) is 3.56. The number of aliphatic hydroxyl groups excluding tert-OH is 2. The van der Waals surface area contributed by atoms with E-state index in [1.807, 2.05) is 5.32 Å². The van der Waals surface area contributed by atoms with E-state index in [0.29, 0.717) is 0 Å². The van der Waals surface area contributed by atoms with Gasteiger partial charge in [-0.15, -0.1) is 0 Å². The molecule has 0 aliphatic heterocycles. The fourth-order valence-corrected chi connectivity index (χ4v) is 2.00. The fourth-order valence-electron chi connectivity index (χ4n) is 2.00. The summed E-state index contributed by atoms with van der Waals surface area (Å²) in [4.78, 5) is 58.6. The maximum absolute atomic E-state index is 12.4. The summed E-state index contributed by atoms with van der Waals surface area (Å²) in [6.45, 7) is 3.61. The number of carbonyl (C=O) groups excluding carboxylic acids is 4. The van der Waals surface area contributed by atoms with E-state index in [1.165, 1.54) is 6.92 Å². The molecule has 0 radical (unpaired) electrons.